The van der Waals surface area contributed by atoms with Crippen molar-refractivity contribution in [1.29, 1.82) is 0 Å². The van der Waals surface area contributed by atoms with Gasteiger partial charge in [-0.1, -0.05) is 38.8 Å². The van der Waals surface area contributed by atoms with Crippen molar-refractivity contribution in [2.75, 3.05) is 14.2 Å². The fourth-order valence-electron chi connectivity index (χ4n) is 8.30. The molecule has 0 N–H and O–H groups in total. The number of cyclic esters (lactones) is 1. The molecule has 2 aliphatic rings. The van der Waals surface area contributed by atoms with E-state index in [1.54, 1.807) is 27.7 Å². The van der Waals surface area contributed by atoms with Gasteiger partial charge in [0, 0.05) is 50.4 Å². The second kappa shape index (κ2) is 19.5. The number of esters is 2. The van der Waals surface area contributed by atoms with Crippen molar-refractivity contribution >= 4 is 35.4 Å². The standard InChI is InChI=1S/C44H59N3O12/c1-13-31-15-17-32(18-16-31)23-46(11)33-21-26(4)55-41(37(33)56-30(8)48)58-39-28(6)36(50)29(7)40(52)57-34(14-2)44(10,59-42(53)47-20-19-45-24-47)38(51)27(5)35(49)25(3)22-43(39,9)54-12/h1,15-20,24-29,33-34,37,39,41H,14,21-23H2,2-12H3/t25-,26-,27?,28+,29-,33+,34-,37+,39-,41+,43-,44-/m1/s1. The smallest absolute Gasteiger partial charge is 0.420 e. The van der Waals surface area contributed by atoms with E-state index >= 15 is 0 Å². The molecule has 0 radical (unpaired) electrons. The highest BCUT2D eigenvalue weighted by Crippen LogP contribution is 2.39. The number of carbonyl (C=O) groups excluding carboxylic acids is 6. The van der Waals surface area contributed by atoms with E-state index < -0.39 is 107 Å². The van der Waals surface area contributed by atoms with Crippen molar-refractivity contribution in [2.45, 2.75) is 136 Å². The van der Waals surface area contributed by atoms with E-state index in [0.717, 1.165) is 15.7 Å². The number of benzene rings is 1. The first-order valence-corrected chi connectivity index (χ1v) is 20.0. The zero-order valence-corrected chi connectivity index (χ0v) is 36.0. The summed E-state index contributed by atoms with van der Waals surface area (Å²) in [4.78, 5) is 88.9. The van der Waals surface area contributed by atoms with Crippen LogP contribution in [-0.2, 0) is 58.9 Å². The lowest BCUT2D eigenvalue weighted by Crippen LogP contribution is -2.61. The molecular formula is C44H59N3O12. The number of hydrogen-bond donors (Lipinski definition) is 0. The van der Waals surface area contributed by atoms with Crippen LogP contribution < -0.4 is 0 Å². The summed E-state index contributed by atoms with van der Waals surface area (Å²) in [6.07, 6.45) is 3.64. The number of nitrogens with zero attached hydrogens (tertiary/aromatic N) is 3. The summed E-state index contributed by atoms with van der Waals surface area (Å²) in [7, 11) is 3.31. The van der Waals surface area contributed by atoms with Gasteiger partial charge in [0.1, 0.15) is 24.1 Å². The Morgan fingerprint density at radius 2 is 1.69 bits per heavy atom. The minimum Gasteiger partial charge on any atom is -0.457 e. The highest BCUT2D eigenvalue weighted by atomic mass is 16.7. The molecule has 2 aromatic rings. The van der Waals surface area contributed by atoms with Crippen LogP contribution in [0.15, 0.2) is 43.0 Å². The Morgan fingerprint density at radius 1 is 1.03 bits per heavy atom. The van der Waals surface area contributed by atoms with Gasteiger partial charge in [0.25, 0.3) is 0 Å². The second-order valence-corrected chi connectivity index (χ2v) is 16.3. The molecule has 15 heteroatoms. The summed E-state index contributed by atoms with van der Waals surface area (Å²) in [5, 5.41) is 0. The molecule has 2 fully saturated rings. The molecule has 0 spiro atoms. The number of Topliss-reactive ketones (excluding diaryl/α,β-unsaturated/α-hetero) is 3. The number of ether oxygens (including phenoxy) is 6. The van der Waals surface area contributed by atoms with Gasteiger partial charge < -0.3 is 28.4 Å². The molecule has 322 valence electrons. The maximum absolute atomic E-state index is 14.5. The highest BCUT2D eigenvalue weighted by molar-refractivity contribution is 6.07. The Hall–Kier alpha value is -4.75. The van der Waals surface area contributed by atoms with Crippen LogP contribution in [0.5, 0.6) is 0 Å². The predicted octanol–water partition coefficient (Wildman–Crippen LogP) is 4.94. The van der Waals surface area contributed by atoms with Crippen LogP contribution in [0, 0.1) is 36.0 Å². The first-order chi connectivity index (χ1) is 27.7. The van der Waals surface area contributed by atoms with Crippen molar-refractivity contribution in [1.82, 2.24) is 14.5 Å². The maximum Gasteiger partial charge on any atom is 0.420 e. The van der Waals surface area contributed by atoms with E-state index in [9.17, 15) is 28.8 Å². The number of rotatable bonds is 9. The topological polar surface area (TPSA) is 179 Å². The van der Waals surface area contributed by atoms with Crippen LogP contribution in [0.3, 0.4) is 0 Å². The van der Waals surface area contributed by atoms with Crippen LogP contribution in [0.1, 0.15) is 92.7 Å². The molecule has 1 aromatic carbocycles. The van der Waals surface area contributed by atoms with Gasteiger partial charge in [0.05, 0.1) is 29.8 Å². The fraction of sp³-hybridized carbons (Fsp3) is 0.614. The zero-order valence-electron chi connectivity index (χ0n) is 36.0. The molecular weight excluding hydrogens is 762 g/mol. The van der Waals surface area contributed by atoms with E-state index in [1.807, 2.05) is 43.1 Å². The molecule has 0 bridgehead atoms. The lowest BCUT2D eigenvalue weighted by atomic mass is 9.74. The Bertz CT molecular complexity index is 1880. The van der Waals surface area contributed by atoms with E-state index in [-0.39, 0.29) is 12.8 Å². The van der Waals surface area contributed by atoms with Crippen LogP contribution in [0.4, 0.5) is 4.79 Å². The third-order valence-corrected chi connectivity index (χ3v) is 11.8. The van der Waals surface area contributed by atoms with Gasteiger partial charge in [-0.25, -0.2) is 14.3 Å². The van der Waals surface area contributed by atoms with Gasteiger partial charge in [0.15, 0.2) is 24.0 Å². The van der Waals surface area contributed by atoms with Crippen molar-refractivity contribution < 1.29 is 57.2 Å². The summed E-state index contributed by atoms with van der Waals surface area (Å²) in [6.45, 7) is 14.2. The Morgan fingerprint density at radius 3 is 2.25 bits per heavy atom. The Kier molecular flexibility index (Phi) is 15.5. The van der Waals surface area contributed by atoms with Crippen LogP contribution in [-0.4, -0.2) is 112 Å². The van der Waals surface area contributed by atoms with Crippen LogP contribution in [0.2, 0.25) is 0 Å². The number of terminal acetylenes is 1. The number of hydrogen-bond acceptors (Lipinski definition) is 14. The summed E-state index contributed by atoms with van der Waals surface area (Å²) in [5.41, 5.74) is -1.86. The molecule has 2 aliphatic heterocycles. The fourth-order valence-corrected chi connectivity index (χ4v) is 8.30. The van der Waals surface area contributed by atoms with E-state index in [4.69, 9.17) is 34.8 Å². The van der Waals surface area contributed by atoms with Gasteiger partial charge in [0.2, 0.25) is 5.60 Å². The summed E-state index contributed by atoms with van der Waals surface area (Å²) in [6, 6.07) is 7.13. The highest BCUT2D eigenvalue weighted by Gasteiger charge is 2.54. The van der Waals surface area contributed by atoms with E-state index in [2.05, 4.69) is 10.9 Å². The zero-order chi connectivity index (χ0) is 44.0. The summed E-state index contributed by atoms with van der Waals surface area (Å²) in [5.74, 6) is -5.56. The number of carbonyl (C=O) groups is 6. The monoisotopic (exact) mass is 821 g/mol. The second-order valence-electron chi connectivity index (χ2n) is 16.3. The third-order valence-electron chi connectivity index (χ3n) is 11.8. The Balaban J connectivity index is 1.75. The first kappa shape index (κ1) is 46.9. The van der Waals surface area contributed by atoms with Gasteiger partial charge in [-0.05, 0) is 78.6 Å². The number of ketones is 3. The predicted molar refractivity (Wildman–Crippen MR) is 213 cm³/mol. The van der Waals surface area contributed by atoms with Crippen LogP contribution in [0.25, 0.3) is 0 Å². The van der Waals surface area contributed by atoms with E-state index in [0.29, 0.717) is 13.0 Å². The van der Waals surface area contributed by atoms with E-state index in [1.165, 1.54) is 53.5 Å². The van der Waals surface area contributed by atoms with Gasteiger partial charge >= 0.3 is 18.0 Å². The van der Waals surface area contributed by atoms with Crippen molar-refractivity contribution in [3.63, 3.8) is 0 Å². The Labute approximate surface area is 346 Å². The molecule has 4 rings (SSSR count). The molecule has 2 saturated heterocycles. The van der Waals surface area contributed by atoms with Gasteiger partial charge in [-0.2, -0.15) is 0 Å². The summed E-state index contributed by atoms with van der Waals surface area (Å²) < 4.78 is 37.9. The minimum atomic E-state index is -2.13. The molecule has 1 aromatic heterocycles. The first-order valence-electron chi connectivity index (χ1n) is 20.0. The lowest BCUT2D eigenvalue weighted by Gasteiger charge is -2.48. The molecule has 0 aliphatic carbocycles. The molecule has 59 heavy (non-hydrogen) atoms. The number of methoxy groups -OCH3 is 1. The molecule has 0 saturated carbocycles. The van der Waals surface area contributed by atoms with Crippen molar-refractivity contribution in [3.05, 3.63) is 54.1 Å². The molecule has 3 heterocycles. The number of likely N-dealkylation sites (N-methyl/N-ethyl adjacent to an activating group) is 1. The lowest BCUT2D eigenvalue weighted by molar-refractivity contribution is -0.299. The van der Waals surface area contributed by atoms with Gasteiger partial charge in [-0.3, -0.25) is 28.9 Å². The maximum atomic E-state index is 14.5. The molecule has 0 amide bonds. The number of aromatic nitrogens is 2. The average molecular weight is 822 g/mol. The minimum absolute atomic E-state index is 0.00777. The largest absolute Gasteiger partial charge is 0.457 e. The molecule has 15 nitrogen and oxygen atoms in total. The quantitative estimate of drug-likeness (QED) is 0.144. The number of imidazole rings is 1. The average Bonchev–Trinajstić information content (AvgIpc) is 3.76. The normalized spacial score (nSPS) is 33.7. The van der Waals surface area contributed by atoms with Crippen molar-refractivity contribution in [2.24, 2.45) is 23.7 Å². The SMILES string of the molecule is C#Cc1ccc(CN(C)[C@H]2C[C@@H](C)O[C@@H](O[C@@H]3[C@@H](C)C(=O)[C@@H](C)C(=O)O[C@H](CC)[C@@](C)(OC(=O)n4ccnc4)C(=O)C(C)C(=O)[C@H](C)C[C@@]3(C)OC)[C@H]2OC(C)=O)cc1. The third kappa shape index (κ3) is 10.5. The van der Waals surface area contributed by atoms with Crippen LogP contribution >= 0.6 is 0 Å². The van der Waals surface area contributed by atoms with Gasteiger partial charge in [-0.15, -0.1) is 6.42 Å². The van der Waals surface area contributed by atoms with Crippen molar-refractivity contribution in [3.8, 4) is 12.3 Å². The summed E-state index contributed by atoms with van der Waals surface area (Å²) >= 11 is 0. The molecule has 12 atom stereocenters. The molecule has 1 unspecified atom stereocenters.